The molecule has 1 aromatic heterocycles. The van der Waals surface area contributed by atoms with Gasteiger partial charge in [0, 0.05) is 36.6 Å². The highest BCUT2D eigenvalue weighted by Crippen LogP contribution is 2.22. The molecule has 0 saturated heterocycles. The van der Waals surface area contributed by atoms with Crippen LogP contribution in [0.15, 0.2) is 48.8 Å². The van der Waals surface area contributed by atoms with E-state index in [0.717, 1.165) is 11.1 Å². The van der Waals surface area contributed by atoms with Crippen LogP contribution in [-0.2, 0) is 0 Å². The Labute approximate surface area is 117 Å². The van der Waals surface area contributed by atoms with Gasteiger partial charge in [0.1, 0.15) is 0 Å². The highest BCUT2D eigenvalue weighted by molar-refractivity contribution is 5.35. The minimum atomic E-state index is -0.374. The van der Waals surface area contributed by atoms with Crippen LogP contribution in [0.3, 0.4) is 0 Å². The first-order chi connectivity index (χ1) is 9.58. The molecule has 0 bridgehead atoms. The van der Waals surface area contributed by atoms with Crippen molar-refractivity contribution in [2.24, 2.45) is 0 Å². The van der Waals surface area contributed by atoms with E-state index < -0.39 is 0 Å². The predicted octanol–water partition coefficient (Wildman–Crippen LogP) is 3.40. The molecule has 1 unspecified atom stereocenters. The minimum absolute atomic E-state index is 0.0186. The van der Waals surface area contributed by atoms with Gasteiger partial charge in [-0.25, -0.2) is 0 Å². The van der Waals surface area contributed by atoms with Crippen LogP contribution in [0.5, 0.6) is 0 Å². The van der Waals surface area contributed by atoms with Gasteiger partial charge in [0.05, 0.1) is 4.92 Å². The second kappa shape index (κ2) is 6.25. The number of hydrogen-bond acceptors (Lipinski definition) is 4. The summed E-state index contributed by atoms with van der Waals surface area (Å²) in [7, 11) is 0. The second-order valence-corrected chi connectivity index (χ2v) is 4.75. The van der Waals surface area contributed by atoms with Gasteiger partial charge >= 0.3 is 0 Å². The van der Waals surface area contributed by atoms with Gasteiger partial charge in [-0.3, -0.25) is 15.1 Å². The monoisotopic (exact) mass is 271 g/mol. The number of benzene rings is 1. The molecular weight excluding hydrogens is 254 g/mol. The Balaban J connectivity index is 2.10. The van der Waals surface area contributed by atoms with Crippen LogP contribution in [0.2, 0.25) is 0 Å². The lowest BCUT2D eigenvalue weighted by Gasteiger charge is -2.20. The highest BCUT2D eigenvalue weighted by atomic mass is 16.6. The maximum atomic E-state index is 10.8. The topological polar surface area (TPSA) is 68.1 Å². The quantitative estimate of drug-likeness (QED) is 0.668. The van der Waals surface area contributed by atoms with Crippen LogP contribution >= 0.6 is 0 Å². The molecule has 1 aromatic carbocycles. The third-order valence-corrected chi connectivity index (χ3v) is 3.27. The number of non-ortho nitro benzene ring substituents is 1. The molecule has 2 rings (SSSR count). The molecule has 0 radical (unpaired) electrons. The van der Waals surface area contributed by atoms with Crippen LogP contribution in [0.1, 0.15) is 37.1 Å². The third kappa shape index (κ3) is 3.39. The van der Waals surface area contributed by atoms with Crippen LogP contribution < -0.4 is 5.32 Å². The number of nitrogens with one attached hydrogen (secondary N) is 1. The molecule has 1 N–H and O–H groups in total. The standard InChI is InChI=1S/C15H17N3O2/c1-11(13-5-3-7-15(9-13)18(19)20)17-12(2)14-6-4-8-16-10-14/h3-12,17H,1-2H3/t11?,12-/m1/s1. The summed E-state index contributed by atoms with van der Waals surface area (Å²) in [6.45, 7) is 4.04. The van der Waals surface area contributed by atoms with Crippen molar-refractivity contribution in [3.8, 4) is 0 Å². The number of nitrogens with zero attached hydrogens (tertiary/aromatic N) is 2. The second-order valence-electron chi connectivity index (χ2n) is 4.75. The minimum Gasteiger partial charge on any atom is -0.304 e. The van der Waals surface area contributed by atoms with E-state index in [2.05, 4.69) is 10.3 Å². The lowest BCUT2D eigenvalue weighted by atomic mass is 10.0. The largest absolute Gasteiger partial charge is 0.304 e. The average molecular weight is 271 g/mol. The number of nitro benzene ring substituents is 1. The molecule has 0 aliphatic rings. The van der Waals surface area contributed by atoms with Crippen LogP contribution in [-0.4, -0.2) is 9.91 Å². The van der Waals surface area contributed by atoms with E-state index in [1.807, 2.05) is 38.2 Å². The Bertz CT molecular complexity index is 587. The molecule has 2 aromatic rings. The molecule has 0 aliphatic carbocycles. The Kier molecular flexibility index (Phi) is 4.42. The van der Waals surface area contributed by atoms with E-state index in [-0.39, 0.29) is 22.7 Å². The van der Waals surface area contributed by atoms with Gasteiger partial charge in [-0.05, 0) is 31.0 Å². The zero-order valence-corrected chi connectivity index (χ0v) is 11.5. The van der Waals surface area contributed by atoms with Gasteiger partial charge in [-0.2, -0.15) is 0 Å². The van der Waals surface area contributed by atoms with E-state index in [0.29, 0.717) is 0 Å². The van der Waals surface area contributed by atoms with Gasteiger partial charge in [0.2, 0.25) is 0 Å². The van der Waals surface area contributed by atoms with Crippen molar-refractivity contribution >= 4 is 5.69 Å². The van der Waals surface area contributed by atoms with Crippen molar-refractivity contribution < 1.29 is 4.92 Å². The summed E-state index contributed by atoms with van der Waals surface area (Å²) in [5, 5.41) is 14.2. The molecule has 5 nitrogen and oxygen atoms in total. The van der Waals surface area contributed by atoms with E-state index in [4.69, 9.17) is 0 Å². The Morgan fingerprint density at radius 2 is 1.85 bits per heavy atom. The molecule has 0 spiro atoms. The number of nitro groups is 1. The van der Waals surface area contributed by atoms with Crippen LogP contribution in [0.25, 0.3) is 0 Å². The smallest absolute Gasteiger partial charge is 0.269 e. The molecule has 20 heavy (non-hydrogen) atoms. The summed E-state index contributed by atoms with van der Waals surface area (Å²) >= 11 is 0. The van der Waals surface area contributed by atoms with E-state index in [1.54, 1.807) is 18.3 Å². The fraction of sp³-hybridized carbons (Fsp3) is 0.267. The molecule has 2 atom stereocenters. The highest BCUT2D eigenvalue weighted by Gasteiger charge is 2.13. The lowest BCUT2D eigenvalue weighted by molar-refractivity contribution is -0.384. The Morgan fingerprint density at radius 1 is 1.15 bits per heavy atom. The van der Waals surface area contributed by atoms with E-state index in [9.17, 15) is 10.1 Å². The molecular formula is C15H17N3O2. The number of pyridine rings is 1. The third-order valence-electron chi connectivity index (χ3n) is 3.27. The predicted molar refractivity (Wildman–Crippen MR) is 77.3 cm³/mol. The molecule has 0 amide bonds. The maximum absolute atomic E-state index is 10.8. The molecule has 1 heterocycles. The Hall–Kier alpha value is -2.27. The van der Waals surface area contributed by atoms with Crippen molar-refractivity contribution in [3.63, 3.8) is 0 Å². The van der Waals surface area contributed by atoms with Gasteiger partial charge in [0.15, 0.2) is 0 Å². The molecule has 0 fully saturated rings. The molecule has 0 aliphatic heterocycles. The van der Waals surface area contributed by atoms with Crippen molar-refractivity contribution in [1.82, 2.24) is 10.3 Å². The van der Waals surface area contributed by atoms with E-state index in [1.165, 1.54) is 6.07 Å². The van der Waals surface area contributed by atoms with Gasteiger partial charge < -0.3 is 5.32 Å². The van der Waals surface area contributed by atoms with Crippen molar-refractivity contribution in [2.75, 3.05) is 0 Å². The first-order valence-electron chi connectivity index (χ1n) is 6.48. The van der Waals surface area contributed by atoms with E-state index >= 15 is 0 Å². The van der Waals surface area contributed by atoms with Crippen LogP contribution in [0.4, 0.5) is 5.69 Å². The van der Waals surface area contributed by atoms with Gasteiger partial charge in [0.25, 0.3) is 5.69 Å². The summed E-state index contributed by atoms with van der Waals surface area (Å²) < 4.78 is 0. The summed E-state index contributed by atoms with van der Waals surface area (Å²) in [6.07, 6.45) is 3.55. The Morgan fingerprint density at radius 3 is 2.50 bits per heavy atom. The summed E-state index contributed by atoms with van der Waals surface area (Å²) in [6, 6.07) is 10.7. The van der Waals surface area contributed by atoms with Gasteiger partial charge in [-0.1, -0.05) is 18.2 Å². The van der Waals surface area contributed by atoms with Gasteiger partial charge in [-0.15, -0.1) is 0 Å². The zero-order valence-electron chi connectivity index (χ0n) is 11.5. The fourth-order valence-corrected chi connectivity index (χ4v) is 2.11. The van der Waals surface area contributed by atoms with Crippen LogP contribution in [0, 0.1) is 10.1 Å². The molecule has 0 saturated carbocycles. The summed E-state index contributed by atoms with van der Waals surface area (Å²) in [4.78, 5) is 14.5. The zero-order chi connectivity index (χ0) is 14.5. The van der Waals surface area contributed by atoms with Crippen molar-refractivity contribution in [3.05, 3.63) is 70.0 Å². The molecule has 5 heteroatoms. The first kappa shape index (κ1) is 14.1. The SMILES string of the molecule is CC(N[C@H](C)c1cccnc1)c1cccc([N+](=O)[O-])c1. The van der Waals surface area contributed by atoms with Crippen molar-refractivity contribution in [2.45, 2.75) is 25.9 Å². The maximum Gasteiger partial charge on any atom is 0.269 e. The summed E-state index contributed by atoms with van der Waals surface area (Å²) in [5.74, 6) is 0. The number of hydrogen-bond donors (Lipinski definition) is 1. The fourth-order valence-electron chi connectivity index (χ4n) is 2.11. The lowest BCUT2D eigenvalue weighted by Crippen LogP contribution is -2.22. The number of aromatic nitrogens is 1. The first-order valence-corrected chi connectivity index (χ1v) is 6.48. The average Bonchev–Trinajstić information content (AvgIpc) is 2.48. The number of rotatable bonds is 5. The normalized spacial score (nSPS) is 13.7. The van der Waals surface area contributed by atoms with Crippen molar-refractivity contribution in [1.29, 1.82) is 0 Å². The molecule has 104 valence electrons. The summed E-state index contributed by atoms with van der Waals surface area (Å²) in [5.41, 5.74) is 2.10.